The van der Waals surface area contributed by atoms with Crippen LogP contribution in [-0.2, 0) is 0 Å². The Hall–Kier alpha value is -3.67. The molecule has 0 unspecified atom stereocenters. The maximum absolute atomic E-state index is 13.2. The number of amides is 2. The van der Waals surface area contributed by atoms with Crippen molar-refractivity contribution in [2.24, 2.45) is 5.73 Å². The Morgan fingerprint density at radius 1 is 0.885 bits per heavy atom. The number of para-hydroxylation sites is 1. The lowest BCUT2D eigenvalue weighted by atomic mass is 10.1. The third-order valence-corrected chi connectivity index (χ3v) is 3.59. The second-order valence-electron chi connectivity index (χ2n) is 5.45. The summed E-state index contributed by atoms with van der Waals surface area (Å²) in [7, 11) is 0. The molecule has 0 atom stereocenters. The standard InChI is InChI=1S/C20H15FN2O3/c21-14-4-3-5-16(12-14)26-15-10-8-13(9-11-15)20(25)23-18-7-2-1-6-17(18)19(22)24/h1-12H,(H2,22,24)(H,23,25). The molecule has 26 heavy (non-hydrogen) atoms. The van der Waals surface area contributed by atoms with Crippen LogP contribution in [-0.4, -0.2) is 11.8 Å². The predicted molar refractivity (Wildman–Crippen MR) is 95.8 cm³/mol. The number of nitrogens with two attached hydrogens (primary N) is 1. The van der Waals surface area contributed by atoms with Crippen molar-refractivity contribution in [2.45, 2.75) is 0 Å². The SMILES string of the molecule is NC(=O)c1ccccc1NC(=O)c1ccc(Oc2cccc(F)c2)cc1. The van der Waals surface area contributed by atoms with E-state index in [1.165, 1.54) is 18.2 Å². The number of rotatable bonds is 5. The van der Waals surface area contributed by atoms with E-state index in [4.69, 9.17) is 10.5 Å². The first-order valence-electron chi connectivity index (χ1n) is 7.76. The minimum atomic E-state index is -0.625. The van der Waals surface area contributed by atoms with Crippen molar-refractivity contribution in [2.75, 3.05) is 5.32 Å². The van der Waals surface area contributed by atoms with Crippen LogP contribution in [0, 0.1) is 5.82 Å². The molecule has 0 aliphatic carbocycles. The highest BCUT2D eigenvalue weighted by Crippen LogP contribution is 2.23. The quantitative estimate of drug-likeness (QED) is 0.730. The lowest BCUT2D eigenvalue weighted by Gasteiger charge is -2.10. The average Bonchev–Trinajstić information content (AvgIpc) is 2.62. The van der Waals surface area contributed by atoms with E-state index in [2.05, 4.69) is 5.32 Å². The van der Waals surface area contributed by atoms with Crippen LogP contribution in [0.3, 0.4) is 0 Å². The summed E-state index contributed by atoms with van der Waals surface area (Å²) < 4.78 is 18.7. The summed E-state index contributed by atoms with van der Waals surface area (Å²) in [6.45, 7) is 0. The number of ether oxygens (including phenoxy) is 1. The molecule has 0 radical (unpaired) electrons. The molecule has 0 aromatic heterocycles. The predicted octanol–water partition coefficient (Wildman–Crippen LogP) is 3.97. The van der Waals surface area contributed by atoms with Gasteiger partial charge in [0.2, 0.25) is 0 Å². The summed E-state index contributed by atoms with van der Waals surface area (Å²) in [6.07, 6.45) is 0. The van der Waals surface area contributed by atoms with Crippen molar-refractivity contribution in [3.05, 3.63) is 89.7 Å². The largest absolute Gasteiger partial charge is 0.457 e. The van der Waals surface area contributed by atoms with Crippen LogP contribution in [0.25, 0.3) is 0 Å². The third-order valence-electron chi connectivity index (χ3n) is 3.59. The second kappa shape index (κ2) is 7.48. The fraction of sp³-hybridized carbons (Fsp3) is 0. The van der Waals surface area contributed by atoms with Gasteiger partial charge >= 0.3 is 0 Å². The van der Waals surface area contributed by atoms with Gasteiger partial charge in [-0.25, -0.2) is 4.39 Å². The van der Waals surface area contributed by atoms with E-state index in [0.29, 0.717) is 22.7 Å². The number of halogens is 1. The Balaban J connectivity index is 1.72. The fourth-order valence-electron chi connectivity index (χ4n) is 2.34. The summed E-state index contributed by atoms with van der Waals surface area (Å²) in [6, 6.07) is 18.6. The van der Waals surface area contributed by atoms with Crippen molar-refractivity contribution in [3.8, 4) is 11.5 Å². The van der Waals surface area contributed by atoms with Gasteiger partial charge in [0.1, 0.15) is 17.3 Å². The van der Waals surface area contributed by atoms with Crippen LogP contribution in [0.4, 0.5) is 10.1 Å². The maximum atomic E-state index is 13.2. The maximum Gasteiger partial charge on any atom is 0.255 e. The molecule has 0 bridgehead atoms. The summed E-state index contributed by atoms with van der Waals surface area (Å²) in [5, 5.41) is 2.65. The van der Waals surface area contributed by atoms with Gasteiger partial charge in [0.05, 0.1) is 11.3 Å². The molecule has 3 aromatic carbocycles. The zero-order valence-corrected chi connectivity index (χ0v) is 13.6. The Bertz CT molecular complexity index is 955. The Morgan fingerprint density at radius 2 is 1.62 bits per heavy atom. The van der Waals surface area contributed by atoms with Crippen molar-refractivity contribution in [1.82, 2.24) is 0 Å². The van der Waals surface area contributed by atoms with E-state index in [1.54, 1.807) is 54.6 Å². The molecular formula is C20H15FN2O3. The highest BCUT2D eigenvalue weighted by molar-refractivity contribution is 6.08. The lowest BCUT2D eigenvalue weighted by Crippen LogP contribution is -2.18. The first-order chi connectivity index (χ1) is 12.5. The molecule has 0 saturated carbocycles. The number of anilines is 1. The number of hydrogen-bond acceptors (Lipinski definition) is 3. The molecule has 0 aliphatic rings. The summed E-state index contributed by atoms with van der Waals surface area (Å²) >= 11 is 0. The number of hydrogen-bond donors (Lipinski definition) is 2. The van der Waals surface area contributed by atoms with Gasteiger partial charge in [-0.3, -0.25) is 9.59 Å². The first kappa shape index (κ1) is 17.2. The molecule has 3 aromatic rings. The van der Waals surface area contributed by atoms with Crippen molar-refractivity contribution >= 4 is 17.5 Å². The van der Waals surface area contributed by atoms with E-state index in [1.807, 2.05) is 0 Å². The number of primary amides is 1. The molecule has 6 heteroatoms. The highest BCUT2D eigenvalue weighted by Gasteiger charge is 2.12. The molecule has 2 amide bonds. The van der Waals surface area contributed by atoms with Gasteiger partial charge < -0.3 is 15.8 Å². The normalized spacial score (nSPS) is 10.2. The minimum Gasteiger partial charge on any atom is -0.457 e. The Kier molecular flexibility index (Phi) is 4.94. The number of benzene rings is 3. The minimum absolute atomic E-state index is 0.229. The molecule has 0 spiro atoms. The van der Waals surface area contributed by atoms with E-state index in [9.17, 15) is 14.0 Å². The monoisotopic (exact) mass is 350 g/mol. The highest BCUT2D eigenvalue weighted by atomic mass is 19.1. The van der Waals surface area contributed by atoms with Crippen molar-refractivity contribution < 1.29 is 18.7 Å². The van der Waals surface area contributed by atoms with Crippen LogP contribution < -0.4 is 15.8 Å². The van der Waals surface area contributed by atoms with E-state index in [0.717, 1.165) is 0 Å². The van der Waals surface area contributed by atoms with E-state index in [-0.39, 0.29) is 5.56 Å². The number of carbonyl (C=O) groups excluding carboxylic acids is 2. The van der Waals surface area contributed by atoms with Gasteiger partial charge in [0, 0.05) is 11.6 Å². The van der Waals surface area contributed by atoms with Crippen LogP contribution >= 0.6 is 0 Å². The zero-order valence-electron chi connectivity index (χ0n) is 13.6. The molecular weight excluding hydrogens is 335 g/mol. The second-order valence-corrected chi connectivity index (χ2v) is 5.45. The number of nitrogens with one attached hydrogen (secondary N) is 1. The van der Waals surface area contributed by atoms with Crippen molar-refractivity contribution in [3.63, 3.8) is 0 Å². The zero-order chi connectivity index (χ0) is 18.5. The molecule has 0 fully saturated rings. The van der Waals surface area contributed by atoms with Crippen LogP contribution in [0.5, 0.6) is 11.5 Å². The molecule has 0 aliphatic heterocycles. The van der Waals surface area contributed by atoms with Gasteiger partial charge in [-0.05, 0) is 48.5 Å². The van der Waals surface area contributed by atoms with Gasteiger partial charge in [-0.1, -0.05) is 18.2 Å². The topological polar surface area (TPSA) is 81.4 Å². The van der Waals surface area contributed by atoms with Gasteiger partial charge in [0.25, 0.3) is 11.8 Å². The first-order valence-corrected chi connectivity index (χ1v) is 7.76. The number of carbonyl (C=O) groups is 2. The molecule has 0 saturated heterocycles. The summed E-state index contributed by atoms with van der Waals surface area (Å²) in [4.78, 5) is 23.8. The van der Waals surface area contributed by atoms with Gasteiger partial charge in [-0.2, -0.15) is 0 Å². The fourth-order valence-corrected chi connectivity index (χ4v) is 2.34. The molecule has 3 N–H and O–H groups in total. The molecule has 130 valence electrons. The summed E-state index contributed by atoms with van der Waals surface area (Å²) in [5.74, 6) is -0.593. The van der Waals surface area contributed by atoms with Crippen LogP contribution in [0.1, 0.15) is 20.7 Å². The van der Waals surface area contributed by atoms with Gasteiger partial charge in [-0.15, -0.1) is 0 Å². The Labute approximate surface area is 149 Å². The van der Waals surface area contributed by atoms with Crippen LogP contribution in [0.15, 0.2) is 72.8 Å². The molecule has 0 heterocycles. The van der Waals surface area contributed by atoms with Gasteiger partial charge in [0.15, 0.2) is 0 Å². The summed E-state index contributed by atoms with van der Waals surface area (Å²) in [5.41, 5.74) is 6.24. The van der Waals surface area contributed by atoms with E-state index < -0.39 is 17.6 Å². The third kappa shape index (κ3) is 4.05. The molecule has 3 rings (SSSR count). The average molecular weight is 350 g/mol. The smallest absolute Gasteiger partial charge is 0.255 e. The van der Waals surface area contributed by atoms with Crippen molar-refractivity contribution in [1.29, 1.82) is 0 Å². The van der Waals surface area contributed by atoms with E-state index >= 15 is 0 Å². The lowest BCUT2D eigenvalue weighted by molar-refractivity contribution is 0.100. The van der Waals surface area contributed by atoms with Crippen LogP contribution in [0.2, 0.25) is 0 Å². The Morgan fingerprint density at radius 3 is 2.31 bits per heavy atom. The molecule has 5 nitrogen and oxygen atoms in total.